The number of hydrogen-bond donors (Lipinski definition) is 1. The Hall–Kier alpha value is -3.78. The summed E-state index contributed by atoms with van der Waals surface area (Å²) >= 11 is 1.34. The average molecular weight is 462 g/mol. The molecule has 8 heteroatoms. The summed E-state index contributed by atoms with van der Waals surface area (Å²) in [6.45, 7) is 7.49. The number of anilines is 1. The van der Waals surface area contributed by atoms with Crippen molar-refractivity contribution < 1.29 is 14.3 Å². The summed E-state index contributed by atoms with van der Waals surface area (Å²) in [6.07, 6.45) is 0. The van der Waals surface area contributed by atoms with Gasteiger partial charge in [0.1, 0.15) is 10.8 Å². The largest absolute Gasteiger partial charge is 0.462 e. The van der Waals surface area contributed by atoms with Gasteiger partial charge in [0, 0.05) is 10.4 Å². The van der Waals surface area contributed by atoms with Gasteiger partial charge in [-0.05, 0) is 69.7 Å². The first-order valence-electron chi connectivity index (χ1n) is 10.5. The van der Waals surface area contributed by atoms with E-state index in [0.717, 1.165) is 10.4 Å². The molecule has 4 rings (SSSR count). The van der Waals surface area contributed by atoms with Crippen molar-refractivity contribution in [2.24, 2.45) is 0 Å². The van der Waals surface area contributed by atoms with E-state index in [1.54, 1.807) is 56.3 Å². The number of carbonyl (C=O) groups excluding carboxylic acids is 2. The monoisotopic (exact) mass is 461 g/mol. The Bertz CT molecular complexity index is 1430. The van der Waals surface area contributed by atoms with E-state index in [1.807, 2.05) is 19.9 Å². The number of ether oxygens (including phenoxy) is 1. The van der Waals surface area contributed by atoms with Gasteiger partial charge in [-0.3, -0.25) is 14.2 Å². The summed E-state index contributed by atoms with van der Waals surface area (Å²) in [5.41, 5.74) is 2.67. The number of hydrogen-bond acceptors (Lipinski definition) is 6. The highest BCUT2D eigenvalue weighted by Crippen LogP contribution is 2.33. The molecule has 0 radical (unpaired) electrons. The Morgan fingerprint density at radius 3 is 2.45 bits per heavy atom. The summed E-state index contributed by atoms with van der Waals surface area (Å²) in [5.74, 6) is -0.253. The van der Waals surface area contributed by atoms with E-state index in [1.165, 1.54) is 15.9 Å². The number of nitrogens with one attached hydrogen (secondary N) is 1. The van der Waals surface area contributed by atoms with Crippen molar-refractivity contribution >= 4 is 39.1 Å². The van der Waals surface area contributed by atoms with Gasteiger partial charge in [0.2, 0.25) is 0 Å². The highest BCUT2D eigenvalue weighted by molar-refractivity contribution is 7.16. The second-order valence-corrected chi connectivity index (χ2v) is 8.75. The molecule has 0 aliphatic heterocycles. The maximum atomic E-state index is 13.0. The Morgan fingerprint density at radius 1 is 1.06 bits per heavy atom. The van der Waals surface area contributed by atoms with E-state index in [9.17, 15) is 14.4 Å². The van der Waals surface area contributed by atoms with Gasteiger partial charge in [0.05, 0.1) is 28.8 Å². The van der Waals surface area contributed by atoms with Crippen LogP contribution in [-0.4, -0.2) is 28.0 Å². The molecule has 168 valence electrons. The maximum absolute atomic E-state index is 13.0. The van der Waals surface area contributed by atoms with E-state index >= 15 is 0 Å². The molecular weight excluding hydrogens is 438 g/mol. The van der Waals surface area contributed by atoms with Crippen molar-refractivity contribution in [2.75, 3.05) is 11.9 Å². The Morgan fingerprint density at radius 2 is 1.76 bits per heavy atom. The number of benzene rings is 2. The molecule has 2 aromatic heterocycles. The molecule has 0 spiro atoms. The van der Waals surface area contributed by atoms with Crippen molar-refractivity contribution in [1.82, 2.24) is 9.55 Å². The SMILES string of the molecule is CCOC(=O)c1c(NC(=O)c2ccc(-n3c(C)nc4ccccc4c3=O)cc2)sc(C)c1C. The number of thiophene rings is 1. The predicted molar refractivity (Wildman–Crippen MR) is 130 cm³/mol. The summed E-state index contributed by atoms with van der Waals surface area (Å²) in [6, 6.07) is 13.9. The number of para-hydroxylation sites is 1. The first-order chi connectivity index (χ1) is 15.8. The molecule has 33 heavy (non-hydrogen) atoms. The van der Waals surface area contributed by atoms with Crippen LogP contribution in [0.15, 0.2) is 53.3 Å². The molecule has 2 aromatic carbocycles. The van der Waals surface area contributed by atoms with Crippen LogP contribution in [0.3, 0.4) is 0 Å². The highest BCUT2D eigenvalue weighted by Gasteiger charge is 2.22. The van der Waals surface area contributed by atoms with Crippen molar-refractivity contribution in [3.8, 4) is 5.69 Å². The quantitative estimate of drug-likeness (QED) is 0.431. The summed E-state index contributed by atoms with van der Waals surface area (Å²) in [5, 5.41) is 3.82. The summed E-state index contributed by atoms with van der Waals surface area (Å²) in [7, 11) is 0. The minimum atomic E-state index is -0.455. The lowest BCUT2D eigenvalue weighted by atomic mass is 10.1. The molecule has 7 nitrogen and oxygen atoms in total. The van der Waals surface area contributed by atoms with E-state index in [-0.39, 0.29) is 18.1 Å². The zero-order valence-corrected chi connectivity index (χ0v) is 19.6. The van der Waals surface area contributed by atoms with Crippen LogP contribution in [0.2, 0.25) is 0 Å². The van der Waals surface area contributed by atoms with Gasteiger partial charge in [0.25, 0.3) is 11.5 Å². The number of carbonyl (C=O) groups is 2. The molecule has 0 aliphatic carbocycles. The topological polar surface area (TPSA) is 90.3 Å². The zero-order valence-electron chi connectivity index (χ0n) is 18.8. The van der Waals surface area contributed by atoms with Crippen LogP contribution in [-0.2, 0) is 4.74 Å². The fourth-order valence-electron chi connectivity index (χ4n) is 3.65. The average Bonchev–Trinajstić information content (AvgIpc) is 3.07. The first kappa shape index (κ1) is 22.4. The van der Waals surface area contributed by atoms with Crippen molar-refractivity contribution in [3.05, 3.63) is 86.3 Å². The molecule has 0 unspecified atom stereocenters. The van der Waals surface area contributed by atoms with Crippen LogP contribution in [0.25, 0.3) is 16.6 Å². The minimum absolute atomic E-state index is 0.168. The Kier molecular flexibility index (Phi) is 6.11. The number of nitrogens with zero attached hydrogens (tertiary/aromatic N) is 2. The van der Waals surface area contributed by atoms with E-state index < -0.39 is 5.97 Å². The Balaban J connectivity index is 1.64. The minimum Gasteiger partial charge on any atom is -0.462 e. The third-order valence-electron chi connectivity index (χ3n) is 5.42. The number of fused-ring (bicyclic) bond motifs is 1. The second-order valence-electron chi connectivity index (χ2n) is 7.53. The third kappa shape index (κ3) is 4.17. The van der Waals surface area contributed by atoms with Crippen LogP contribution in [0.4, 0.5) is 5.00 Å². The molecule has 0 atom stereocenters. The molecule has 2 heterocycles. The molecule has 4 aromatic rings. The van der Waals surface area contributed by atoms with Crippen LogP contribution < -0.4 is 10.9 Å². The lowest BCUT2D eigenvalue weighted by Crippen LogP contribution is -2.22. The molecule has 0 bridgehead atoms. The van der Waals surface area contributed by atoms with Crippen molar-refractivity contribution in [1.29, 1.82) is 0 Å². The van der Waals surface area contributed by atoms with Crippen molar-refractivity contribution in [2.45, 2.75) is 27.7 Å². The van der Waals surface area contributed by atoms with E-state index in [0.29, 0.717) is 38.5 Å². The van der Waals surface area contributed by atoms with Gasteiger partial charge >= 0.3 is 5.97 Å². The number of rotatable bonds is 5. The Labute approximate surface area is 194 Å². The van der Waals surface area contributed by atoms with Gasteiger partial charge in [0.15, 0.2) is 0 Å². The van der Waals surface area contributed by atoms with Crippen LogP contribution in [0.1, 0.15) is 43.9 Å². The standard InChI is InChI=1S/C25H23N3O4S/c1-5-32-25(31)21-14(2)15(3)33-23(21)27-22(29)17-10-12-18(13-11-17)28-16(4)26-20-9-7-6-8-19(20)24(28)30/h6-13H,5H2,1-4H3,(H,27,29). The molecule has 1 N–H and O–H groups in total. The smallest absolute Gasteiger partial charge is 0.341 e. The molecule has 0 aliphatic rings. The van der Waals surface area contributed by atoms with Gasteiger partial charge < -0.3 is 10.1 Å². The predicted octanol–water partition coefficient (Wildman–Crippen LogP) is 4.80. The second kappa shape index (κ2) is 8.99. The lowest BCUT2D eigenvalue weighted by molar-refractivity contribution is 0.0527. The first-order valence-corrected chi connectivity index (χ1v) is 11.3. The lowest BCUT2D eigenvalue weighted by Gasteiger charge is -2.12. The molecule has 0 saturated heterocycles. The van der Waals surface area contributed by atoms with E-state index in [4.69, 9.17) is 4.74 Å². The third-order valence-corrected chi connectivity index (χ3v) is 6.55. The number of amides is 1. The summed E-state index contributed by atoms with van der Waals surface area (Å²) < 4.78 is 6.67. The molecule has 1 amide bonds. The fraction of sp³-hybridized carbons (Fsp3) is 0.200. The zero-order chi connectivity index (χ0) is 23.7. The number of esters is 1. The van der Waals surface area contributed by atoms with Gasteiger partial charge in [-0.25, -0.2) is 9.78 Å². The van der Waals surface area contributed by atoms with Gasteiger partial charge in [-0.2, -0.15) is 0 Å². The maximum Gasteiger partial charge on any atom is 0.341 e. The normalized spacial score (nSPS) is 10.9. The van der Waals surface area contributed by atoms with Crippen LogP contribution >= 0.6 is 11.3 Å². The van der Waals surface area contributed by atoms with E-state index in [2.05, 4.69) is 10.3 Å². The van der Waals surface area contributed by atoms with Crippen LogP contribution in [0, 0.1) is 20.8 Å². The van der Waals surface area contributed by atoms with Crippen molar-refractivity contribution in [3.63, 3.8) is 0 Å². The highest BCUT2D eigenvalue weighted by atomic mass is 32.1. The molecule has 0 fully saturated rings. The fourth-order valence-corrected chi connectivity index (χ4v) is 4.69. The molecular formula is C25H23N3O4S. The van der Waals surface area contributed by atoms with Gasteiger partial charge in [-0.15, -0.1) is 11.3 Å². The summed E-state index contributed by atoms with van der Waals surface area (Å²) in [4.78, 5) is 43.7. The number of aryl methyl sites for hydroxylation is 2. The molecule has 0 saturated carbocycles. The van der Waals surface area contributed by atoms with Gasteiger partial charge in [-0.1, -0.05) is 12.1 Å². The number of aromatic nitrogens is 2. The van der Waals surface area contributed by atoms with Crippen LogP contribution in [0.5, 0.6) is 0 Å².